The molecule has 0 bridgehead atoms. The fraction of sp³-hybridized carbons (Fsp3) is 1.00. The minimum absolute atomic E-state index is 0.874. The molecule has 0 radical (unpaired) electrons. The van der Waals surface area contributed by atoms with Crippen LogP contribution >= 0.6 is 15.9 Å². The molecule has 11 heavy (non-hydrogen) atoms. The number of nitrogens with zero attached hydrogens (tertiary/aromatic N) is 1. The maximum absolute atomic E-state index is 4.96. The monoisotopic (exact) mass is 223 g/mol. The topological polar surface area (TPSA) is 12.5 Å². The second-order valence-electron chi connectivity index (χ2n) is 2.69. The Balaban J connectivity index is 3.02. The lowest BCUT2D eigenvalue weighted by Crippen LogP contribution is -2.22. The van der Waals surface area contributed by atoms with Crippen LogP contribution < -0.4 is 0 Å². The minimum Gasteiger partial charge on any atom is -0.385 e. The summed E-state index contributed by atoms with van der Waals surface area (Å²) in [6.45, 7) is 3.19. The summed E-state index contributed by atoms with van der Waals surface area (Å²) >= 11 is 3.41. The standard InChI is InChI=1S/C8H18BrNO/c1-10(6-3-5-9)7-4-8-11-2/h3-8H2,1-2H3. The van der Waals surface area contributed by atoms with E-state index in [0.717, 1.165) is 24.9 Å². The molecule has 68 valence electrons. The molecule has 0 N–H and O–H groups in total. The molecule has 0 aliphatic carbocycles. The van der Waals surface area contributed by atoms with Crippen LogP contribution in [0.2, 0.25) is 0 Å². The fourth-order valence-corrected chi connectivity index (χ4v) is 1.17. The van der Waals surface area contributed by atoms with Gasteiger partial charge in [0.2, 0.25) is 0 Å². The predicted molar refractivity (Wildman–Crippen MR) is 52.4 cm³/mol. The number of hydrogen-bond donors (Lipinski definition) is 0. The van der Waals surface area contributed by atoms with Gasteiger partial charge in [-0.05, 0) is 26.4 Å². The average molecular weight is 224 g/mol. The van der Waals surface area contributed by atoms with Crippen LogP contribution in [0.5, 0.6) is 0 Å². The Kier molecular flexibility index (Phi) is 8.81. The van der Waals surface area contributed by atoms with Crippen molar-refractivity contribution in [3.63, 3.8) is 0 Å². The largest absolute Gasteiger partial charge is 0.385 e. The van der Waals surface area contributed by atoms with Crippen molar-refractivity contribution < 1.29 is 4.74 Å². The Labute approximate surface area is 78.0 Å². The van der Waals surface area contributed by atoms with Crippen LogP contribution in [-0.2, 0) is 4.74 Å². The third kappa shape index (κ3) is 8.30. The molecule has 0 fully saturated rings. The third-order valence-electron chi connectivity index (χ3n) is 1.56. The second kappa shape index (κ2) is 8.50. The van der Waals surface area contributed by atoms with E-state index in [0.29, 0.717) is 0 Å². The molecule has 0 aromatic carbocycles. The van der Waals surface area contributed by atoms with Gasteiger partial charge in [0.25, 0.3) is 0 Å². The molecule has 0 spiro atoms. The smallest absolute Gasteiger partial charge is 0.0474 e. The molecule has 0 atom stereocenters. The van der Waals surface area contributed by atoms with Crippen LogP contribution in [0, 0.1) is 0 Å². The first-order chi connectivity index (χ1) is 5.31. The molecule has 0 rings (SSSR count). The lowest BCUT2D eigenvalue weighted by Gasteiger charge is -2.14. The molecule has 2 nitrogen and oxygen atoms in total. The number of rotatable bonds is 7. The summed E-state index contributed by atoms with van der Waals surface area (Å²) in [6, 6.07) is 0. The summed E-state index contributed by atoms with van der Waals surface area (Å²) in [7, 11) is 3.90. The Morgan fingerprint density at radius 2 is 1.91 bits per heavy atom. The average Bonchev–Trinajstić information content (AvgIpc) is 2.01. The van der Waals surface area contributed by atoms with E-state index in [-0.39, 0.29) is 0 Å². The van der Waals surface area contributed by atoms with Crippen molar-refractivity contribution in [1.29, 1.82) is 0 Å². The maximum Gasteiger partial charge on any atom is 0.0474 e. The zero-order valence-electron chi connectivity index (χ0n) is 7.48. The van der Waals surface area contributed by atoms with Gasteiger partial charge in [0.05, 0.1) is 0 Å². The van der Waals surface area contributed by atoms with Crippen LogP contribution in [-0.4, -0.2) is 44.1 Å². The summed E-state index contributed by atoms with van der Waals surface area (Å²) in [4.78, 5) is 2.33. The quantitative estimate of drug-likeness (QED) is 0.482. The lowest BCUT2D eigenvalue weighted by molar-refractivity contribution is 0.179. The normalized spacial score (nSPS) is 10.9. The first kappa shape index (κ1) is 11.4. The highest BCUT2D eigenvalue weighted by atomic mass is 79.9. The van der Waals surface area contributed by atoms with E-state index in [4.69, 9.17) is 4.74 Å². The first-order valence-corrected chi connectivity index (χ1v) is 5.17. The van der Waals surface area contributed by atoms with Gasteiger partial charge >= 0.3 is 0 Å². The van der Waals surface area contributed by atoms with E-state index in [1.165, 1.54) is 13.0 Å². The molecule has 0 amide bonds. The van der Waals surface area contributed by atoms with E-state index in [1.807, 2.05) is 0 Å². The van der Waals surface area contributed by atoms with Gasteiger partial charge in [-0.3, -0.25) is 0 Å². The molecule has 0 saturated heterocycles. The maximum atomic E-state index is 4.96. The summed E-state index contributed by atoms with van der Waals surface area (Å²) < 4.78 is 4.96. The van der Waals surface area contributed by atoms with Gasteiger partial charge in [-0.25, -0.2) is 0 Å². The number of methoxy groups -OCH3 is 1. The Morgan fingerprint density at radius 3 is 2.45 bits per heavy atom. The van der Waals surface area contributed by atoms with Crippen LogP contribution in [0.25, 0.3) is 0 Å². The van der Waals surface area contributed by atoms with Crippen molar-refractivity contribution in [1.82, 2.24) is 4.90 Å². The predicted octanol–water partition coefficient (Wildman–Crippen LogP) is 1.74. The molecule has 0 aliphatic rings. The number of alkyl halides is 1. The zero-order valence-corrected chi connectivity index (χ0v) is 9.06. The van der Waals surface area contributed by atoms with Crippen molar-refractivity contribution in [3.05, 3.63) is 0 Å². The van der Waals surface area contributed by atoms with Crippen LogP contribution in [0.1, 0.15) is 12.8 Å². The first-order valence-electron chi connectivity index (χ1n) is 4.04. The summed E-state index contributed by atoms with van der Waals surface area (Å²) in [6.07, 6.45) is 2.36. The van der Waals surface area contributed by atoms with Crippen LogP contribution in [0.15, 0.2) is 0 Å². The highest BCUT2D eigenvalue weighted by Gasteiger charge is 1.95. The SMILES string of the molecule is COCCCN(C)CCCBr. The van der Waals surface area contributed by atoms with Crippen molar-refractivity contribution in [2.45, 2.75) is 12.8 Å². The fourth-order valence-electron chi connectivity index (χ4n) is 0.920. The molecule has 0 aromatic rings. The lowest BCUT2D eigenvalue weighted by atomic mass is 10.4. The van der Waals surface area contributed by atoms with Gasteiger partial charge in [-0.2, -0.15) is 0 Å². The number of halogens is 1. The molecular weight excluding hydrogens is 206 g/mol. The van der Waals surface area contributed by atoms with Gasteiger partial charge in [-0.15, -0.1) is 0 Å². The molecule has 0 aliphatic heterocycles. The van der Waals surface area contributed by atoms with Crippen molar-refractivity contribution in [2.24, 2.45) is 0 Å². The Morgan fingerprint density at radius 1 is 1.27 bits per heavy atom. The van der Waals surface area contributed by atoms with Gasteiger partial charge in [0.1, 0.15) is 0 Å². The Bertz CT molecular complexity index is 80.5. The highest BCUT2D eigenvalue weighted by Crippen LogP contribution is 1.93. The zero-order chi connectivity index (χ0) is 8.53. The van der Waals surface area contributed by atoms with Crippen molar-refractivity contribution >= 4 is 15.9 Å². The summed E-state index contributed by atoms with van der Waals surface area (Å²) in [5.74, 6) is 0. The van der Waals surface area contributed by atoms with E-state index in [9.17, 15) is 0 Å². The highest BCUT2D eigenvalue weighted by molar-refractivity contribution is 9.09. The molecule has 0 aromatic heterocycles. The van der Waals surface area contributed by atoms with E-state index < -0.39 is 0 Å². The molecular formula is C8H18BrNO. The summed E-state index contributed by atoms with van der Waals surface area (Å²) in [5, 5.41) is 1.10. The molecule has 3 heteroatoms. The van der Waals surface area contributed by atoms with Crippen LogP contribution in [0.4, 0.5) is 0 Å². The van der Waals surface area contributed by atoms with Gasteiger partial charge in [-0.1, -0.05) is 15.9 Å². The number of hydrogen-bond acceptors (Lipinski definition) is 2. The molecule has 0 heterocycles. The second-order valence-corrected chi connectivity index (χ2v) is 3.49. The molecule has 0 saturated carbocycles. The molecule has 0 unspecified atom stereocenters. The summed E-state index contributed by atoms with van der Waals surface area (Å²) in [5.41, 5.74) is 0. The Hall–Kier alpha value is 0.400. The van der Waals surface area contributed by atoms with Gasteiger partial charge in [0, 0.05) is 25.6 Å². The van der Waals surface area contributed by atoms with Crippen molar-refractivity contribution in [3.8, 4) is 0 Å². The van der Waals surface area contributed by atoms with E-state index >= 15 is 0 Å². The minimum atomic E-state index is 0.874. The number of ether oxygens (including phenoxy) is 1. The van der Waals surface area contributed by atoms with Gasteiger partial charge < -0.3 is 9.64 Å². The third-order valence-corrected chi connectivity index (χ3v) is 2.12. The van der Waals surface area contributed by atoms with Crippen molar-refractivity contribution in [2.75, 3.05) is 39.2 Å². The van der Waals surface area contributed by atoms with Gasteiger partial charge in [0.15, 0.2) is 0 Å². The van der Waals surface area contributed by atoms with E-state index in [1.54, 1.807) is 7.11 Å². The van der Waals surface area contributed by atoms with E-state index in [2.05, 4.69) is 27.9 Å². The van der Waals surface area contributed by atoms with Crippen LogP contribution in [0.3, 0.4) is 0 Å².